The monoisotopic (exact) mass is 355 g/mol. The van der Waals surface area contributed by atoms with Crippen molar-refractivity contribution in [3.05, 3.63) is 59.2 Å². The summed E-state index contributed by atoms with van der Waals surface area (Å²) in [4.78, 5) is 4.44. The molecule has 0 aliphatic heterocycles. The van der Waals surface area contributed by atoms with E-state index in [-0.39, 0.29) is 0 Å². The molecule has 0 atom stereocenters. The molecule has 0 bridgehead atoms. The van der Waals surface area contributed by atoms with Crippen molar-refractivity contribution in [1.82, 2.24) is 15.2 Å². The second-order valence-electron chi connectivity index (χ2n) is 5.30. The SMILES string of the molecule is CCOc1ccccc1Nc1nncc(Nc2ccc(Cl)cc2C)n1. The van der Waals surface area contributed by atoms with E-state index in [1.54, 1.807) is 6.20 Å². The fourth-order valence-electron chi connectivity index (χ4n) is 2.29. The van der Waals surface area contributed by atoms with Gasteiger partial charge in [0.25, 0.3) is 0 Å². The van der Waals surface area contributed by atoms with Gasteiger partial charge in [0.1, 0.15) is 5.75 Å². The number of nitrogens with one attached hydrogen (secondary N) is 2. The first-order chi connectivity index (χ1) is 12.2. The Morgan fingerprint density at radius 3 is 2.72 bits per heavy atom. The Labute approximate surface area is 151 Å². The van der Waals surface area contributed by atoms with Crippen LogP contribution in [0, 0.1) is 6.92 Å². The molecule has 0 spiro atoms. The first kappa shape index (κ1) is 17.0. The molecule has 6 nitrogen and oxygen atoms in total. The molecule has 1 heterocycles. The maximum Gasteiger partial charge on any atom is 0.249 e. The average Bonchev–Trinajstić information content (AvgIpc) is 2.60. The highest BCUT2D eigenvalue weighted by Crippen LogP contribution is 2.27. The van der Waals surface area contributed by atoms with Crippen molar-refractivity contribution in [3.8, 4) is 5.75 Å². The number of rotatable bonds is 6. The molecule has 3 rings (SSSR count). The Balaban J connectivity index is 1.80. The number of para-hydroxylation sites is 2. The lowest BCUT2D eigenvalue weighted by molar-refractivity contribution is 0.342. The summed E-state index contributed by atoms with van der Waals surface area (Å²) in [6, 6.07) is 13.2. The van der Waals surface area contributed by atoms with E-state index in [1.807, 2.05) is 56.3 Å². The quantitative estimate of drug-likeness (QED) is 0.666. The van der Waals surface area contributed by atoms with Gasteiger partial charge in [0.05, 0.1) is 18.5 Å². The summed E-state index contributed by atoms with van der Waals surface area (Å²) in [6.45, 7) is 4.49. The van der Waals surface area contributed by atoms with Crippen LogP contribution in [0.2, 0.25) is 5.02 Å². The molecule has 128 valence electrons. The smallest absolute Gasteiger partial charge is 0.249 e. The van der Waals surface area contributed by atoms with Gasteiger partial charge in [-0.3, -0.25) is 0 Å². The summed E-state index contributed by atoms with van der Waals surface area (Å²) in [7, 11) is 0. The summed E-state index contributed by atoms with van der Waals surface area (Å²) in [5, 5.41) is 15.1. The Morgan fingerprint density at radius 1 is 1.08 bits per heavy atom. The third kappa shape index (κ3) is 4.36. The van der Waals surface area contributed by atoms with Gasteiger partial charge in [-0.2, -0.15) is 10.1 Å². The molecule has 0 aliphatic carbocycles. The number of nitrogens with zero attached hydrogens (tertiary/aromatic N) is 3. The predicted molar refractivity (Wildman–Crippen MR) is 100 cm³/mol. The largest absolute Gasteiger partial charge is 0.492 e. The molecule has 0 saturated heterocycles. The minimum atomic E-state index is 0.378. The topological polar surface area (TPSA) is 72.0 Å². The first-order valence-corrected chi connectivity index (χ1v) is 8.25. The van der Waals surface area contributed by atoms with Crippen molar-refractivity contribution in [2.45, 2.75) is 13.8 Å². The standard InChI is InChI=1S/C18H18ClN5O/c1-3-25-16-7-5-4-6-15(16)22-18-23-17(11-20-24-18)21-14-9-8-13(19)10-12(14)2/h4-11H,3H2,1-2H3,(H2,21,22,23,24). The second-order valence-corrected chi connectivity index (χ2v) is 5.74. The van der Waals surface area contributed by atoms with Crippen molar-refractivity contribution in [2.75, 3.05) is 17.2 Å². The number of ether oxygens (including phenoxy) is 1. The lowest BCUT2D eigenvalue weighted by Crippen LogP contribution is -2.04. The van der Waals surface area contributed by atoms with Crippen LogP contribution in [0.5, 0.6) is 5.75 Å². The maximum absolute atomic E-state index is 5.99. The van der Waals surface area contributed by atoms with Gasteiger partial charge < -0.3 is 15.4 Å². The molecular weight excluding hydrogens is 338 g/mol. The van der Waals surface area contributed by atoms with Crippen molar-refractivity contribution >= 4 is 34.7 Å². The number of halogens is 1. The van der Waals surface area contributed by atoms with Crippen LogP contribution < -0.4 is 15.4 Å². The summed E-state index contributed by atoms with van der Waals surface area (Å²) in [5.74, 6) is 1.70. The Hall–Kier alpha value is -2.86. The van der Waals surface area contributed by atoms with Gasteiger partial charge in [-0.05, 0) is 49.7 Å². The molecule has 0 amide bonds. The van der Waals surface area contributed by atoms with Crippen LogP contribution in [0.25, 0.3) is 0 Å². The fraction of sp³-hybridized carbons (Fsp3) is 0.167. The molecular formula is C18H18ClN5O. The van der Waals surface area contributed by atoms with Crippen LogP contribution in [0.3, 0.4) is 0 Å². The highest BCUT2D eigenvalue weighted by Gasteiger charge is 2.07. The summed E-state index contributed by atoms with van der Waals surface area (Å²) in [6.07, 6.45) is 1.56. The van der Waals surface area contributed by atoms with Crippen LogP contribution >= 0.6 is 11.6 Å². The molecule has 25 heavy (non-hydrogen) atoms. The Morgan fingerprint density at radius 2 is 1.92 bits per heavy atom. The molecule has 1 aromatic heterocycles. The van der Waals surface area contributed by atoms with Gasteiger partial charge in [-0.15, -0.1) is 5.10 Å². The molecule has 7 heteroatoms. The minimum Gasteiger partial charge on any atom is -0.492 e. The van der Waals surface area contributed by atoms with E-state index in [9.17, 15) is 0 Å². The molecule has 0 radical (unpaired) electrons. The summed E-state index contributed by atoms with van der Waals surface area (Å²) in [5.41, 5.74) is 2.71. The normalized spacial score (nSPS) is 10.4. The van der Waals surface area contributed by atoms with E-state index in [0.29, 0.717) is 23.4 Å². The van der Waals surface area contributed by atoms with E-state index in [0.717, 1.165) is 22.7 Å². The van der Waals surface area contributed by atoms with Gasteiger partial charge in [0.15, 0.2) is 5.82 Å². The van der Waals surface area contributed by atoms with E-state index in [1.165, 1.54) is 0 Å². The predicted octanol–water partition coefficient (Wildman–Crippen LogP) is 4.72. The molecule has 0 aliphatic rings. The fourth-order valence-corrected chi connectivity index (χ4v) is 2.52. The van der Waals surface area contributed by atoms with Gasteiger partial charge in [0, 0.05) is 10.7 Å². The molecule has 3 aromatic rings. The molecule has 0 saturated carbocycles. The Bertz CT molecular complexity index is 872. The highest BCUT2D eigenvalue weighted by atomic mass is 35.5. The summed E-state index contributed by atoms with van der Waals surface area (Å²) >= 11 is 5.99. The van der Waals surface area contributed by atoms with Crippen molar-refractivity contribution in [1.29, 1.82) is 0 Å². The van der Waals surface area contributed by atoms with Gasteiger partial charge >= 0.3 is 0 Å². The average molecular weight is 356 g/mol. The number of anilines is 4. The Kier molecular flexibility index (Phi) is 5.30. The van der Waals surface area contributed by atoms with Crippen LogP contribution in [-0.4, -0.2) is 21.8 Å². The zero-order valence-electron chi connectivity index (χ0n) is 14.0. The van der Waals surface area contributed by atoms with Gasteiger partial charge in [0.2, 0.25) is 5.95 Å². The van der Waals surface area contributed by atoms with Gasteiger partial charge in [-0.25, -0.2) is 0 Å². The van der Waals surface area contributed by atoms with E-state index in [2.05, 4.69) is 25.8 Å². The van der Waals surface area contributed by atoms with Crippen LogP contribution in [0.15, 0.2) is 48.7 Å². The van der Waals surface area contributed by atoms with Crippen LogP contribution in [-0.2, 0) is 0 Å². The molecule has 0 fully saturated rings. The number of aromatic nitrogens is 3. The number of benzene rings is 2. The zero-order chi connectivity index (χ0) is 17.6. The number of hydrogen-bond donors (Lipinski definition) is 2. The lowest BCUT2D eigenvalue weighted by atomic mass is 10.2. The molecule has 2 N–H and O–H groups in total. The summed E-state index contributed by atoms with van der Waals surface area (Å²) < 4.78 is 5.60. The van der Waals surface area contributed by atoms with Crippen molar-refractivity contribution < 1.29 is 4.74 Å². The van der Waals surface area contributed by atoms with Crippen molar-refractivity contribution in [3.63, 3.8) is 0 Å². The minimum absolute atomic E-state index is 0.378. The number of aryl methyl sites for hydroxylation is 1. The molecule has 0 unspecified atom stereocenters. The first-order valence-electron chi connectivity index (χ1n) is 7.87. The van der Waals surface area contributed by atoms with E-state index >= 15 is 0 Å². The highest BCUT2D eigenvalue weighted by molar-refractivity contribution is 6.30. The van der Waals surface area contributed by atoms with Crippen molar-refractivity contribution in [2.24, 2.45) is 0 Å². The van der Waals surface area contributed by atoms with Crippen LogP contribution in [0.4, 0.5) is 23.1 Å². The van der Waals surface area contributed by atoms with E-state index < -0.39 is 0 Å². The molecule has 2 aromatic carbocycles. The third-order valence-electron chi connectivity index (χ3n) is 3.44. The zero-order valence-corrected chi connectivity index (χ0v) is 14.7. The van der Waals surface area contributed by atoms with Crippen LogP contribution in [0.1, 0.15) is 12.5 Å². The van der Waals surface area contributed by atoms with Gasteiger partial charge in [-0.1, -0.05) is 23.7 Å². The lowest BCUT2D eigenvalue weighted by Gasteiger charge is -2.12. The number of hydrogen-bond acceptors (Lipinski definition) is 6. The maximum atomic E-state index is 5.99. The third-order valence-corrected chi connectivity index (χ3v) is 3.68. The van der Waals surface area contributed by atoms with E-state index in [4.69, 9.17) is 16.3 Å². The second kappa shape index (κ2) is 7.81.